The van der Waals surface area contributed by atoms with E-state index in [1.54, 1.807) is 18.2 Å². The highest BCUT2D eigenvalue weighted by molar-refractivity contribution is 6.01. The van der Waals surface area contributed by atoms with E-state index in [9.17, 15) is 19.2 Å². The monoisotopic (exact) mass is 719 g/mol. The van der Waals surface area contributed by atoms with Crippen LogP contribution in [0.15, 0.2) is 18.2 Å². The minimum absolute atomic E-state index is 0.0247. The lowest BCUT2D eigenvalue weighted by atomic mass is 10.1. The van der Waals surface area contributed by atoms with Crippen molar-refractivity contribution in [2.75, 3.05) is 63.0 Å². The Bertz CT molecular complexity index is 1050. The lowest BCUT2D eigenvalue weighted by Crippen LogP contribution is -2.38. The molecule has 14 nitrogen and oxygen atoms in total. The maximum atomic E-state index is 13.1. The Morgan fingerprint density at radius 2 is 1.06 bits per heavy atom. The summed E-state index contributed by atoms with van der Waals surface area (Å²) in [5, 5.41) is 17.4. The molecule has 0 aliphatic carbocycles. The van der Waals surface area contributed by atoms with Crippen LogP contribution in [0.5, 0.6) is 0 Å². The molecule has 0 fully saturated rings. The Labute approximate surface area is 306 Å². The number of rotatable bonds is 32. The van der Waals surface area contributed by atoms with Crippen LogP contribution in [-0.2, 0) is 14.4 Å². The van der Waals surface area contributed by atoms with Crippen molar-refractivity contribution in [3.8, 4) is 0 Å². The van der Waals surface area contributed by atoms with Crippen molar-refractivity contribution in [1.29, 1.82) is 0 Å². The van der Waals surface area contributed by atoms with E-state index in [2.05, 4.69) is 38.8 Å². The molecule has 2 atom stereocenters. The van der Waals surface area contributed by atoms with Gasteiger partial charge in [-0.25, -0.2) is 0 Å². The summed E-state index contributed by atoms with van der Waals surface area (Å²) in [6, 6.07) is 4.50. The van der Waals surface area contributed by atoms with Crippen LogP contribution in [0.4, 0.5) is 11.4 Å². The van der Waals surface area contributed by atoms with Crippen LogP contribution in [0.2, 0.25) is 0 Å². The molecule has 1 aromatic rings. The first-order valence-electron chi connectivity index (χ1n) is 19.3. The Morgan fingerprint density at radius 1 is 0.588 bits per heavy atom. The summed E-state index contributed by atoms with van der Waals surface area (Å²) < 4.78 is 0. The number of nitrogens with two attached hydrogens (primary N) is 4. The zero-order chi connectivity index (χ0) is 37.5. The third-order valence-electron chi connectivity index (χ3n) is 8.45. The number of nitrogens with one attached hydrogen (secondary N) is 6. The topological polar surface area (TPSA) is 245 Å². The van der Waals surface area contributed by atoms with E-state index in [-0.39, 0.29) is 55.0 Å². The number of amides is 4. The molecule has 0 spiro atoms. The minimum Gasteiger partial charge on any atom is -0.354 e. The van der Waals surface area contributed by atoms with Gasteiger partial charge in [0.1, 0.15) is 0 Å². The zero-order valence-electron chi connectivity index (χ0n) is 31.3. The van der Waals surface area contributed by atoms with Crippen LogP contribution in [-0.4, -0.2) is 88.1 Å². The minimum atomic E-state index is -0.405. The number of carbonyl (C=O) groups is 4. The molecule has 14 N–H and O–H groups in total. The molecule has 0 saturated heterocycles. The van der Waals surface area contributed by atoms with E-state index < -0.39 is 5.91 Å². The third-order valence-corrected chi connectivity index (χ3v) is 8.45. The highest BCUT2D eigenvalue weighted by Crippen LogP contribution is 2.20. The molecule has 0 saturated carbocycles. The molecule has 0 aromatic heterocycles. The Kier molecular flexibility index (Phi) is 27.4. The van der Waals surface area contributed by atoms with Crippen LogP contribution in [0, 0.1) is 0 Å². The fourth-order valence-corrected chi connectivity index (χ4v) is 5.53. The molecular formula is C37H70N10O4. The van der Waals surface area contributed by atoms with Gasteiger partial charge in [0.2, 0.25) is 17.7 Å². The summed E-state index contributed by atoms with van der Waals surface area (Å²) in [5.74, 6) is -1.08. The second kappa shape index (κ2) is 30.5. The fraction of sp³-hybridized carbons (Fsp3) is 0.730. The highest BCUT2D eigenvalue weighted by atomic mass is 16.2. The Hall–Kier alpha value is -3.14. The van der Waals surface area contributed by atoms with Crippen molar-refractivity contribution in [3.63, 3.8) is 0 Å². The maximum Gasteiger partial charge on any atom is 0.251 e. The molecular weight excluding hydrogens is 648 g/mol. The summed E-state index contributed by atoms with van der Waals surface area (Å²) in [5.41, 5.74) is 24.2. The molecule has 0 heterocycles. The maximum absolute atomic E-state index is 13.1. The van der Waals surface area contributed by atoms with E-state index >= 15 is 0 Å². The standard InChI is InChI=1S/C37H70N10O4/c1-2-3-4-5-6-7-8-9-10-17-34(48)44-20-21-45-37(51)29-22-32(46-35(49)27-42-25-30(40)15-11-13-18-38)24-33(23-29)47-36(50)28-43-26-31(41)16-12-14-19-39/h22-24,30-31,42-43H,2-21,25-28,38-41H2,1H3,(H,44,48)(H,45,51)(H,46,49)(H,47,50)/t30-,31-/m0/s1. The summed E-state index contributed by atoms with van der Waals surface area (Å²) >= 11 is 0. The molecule has 4 amide bonds. The second-order valence-corrected chi connectivity index (χ2v) is 13.4. The lowest BCUT2D eigenvalue weighted by Gasteiger charge is -2.15. The van der Waals surface area contributed by atoms with E-state index in [1.165, 1.54) is 38.5 Å². The SMILES string of the molecule is CCCCCCCCCCCC(=O)NCCNC(=O)c1cc(NC(=O)CNC[C@@H](N)CCCCN)cc(NC(=O)CNC[C@@H](N)CCCCN)c1. The number of benzene rings is 1. The van der Waals surface area contributed by atoms with Crippen molar-refractivity contribution in [3.05, 3.63) is 23.8 Å². The molecule has 14 heteroatoms. The van der Waals surface area contributed by atoms with Gasteiger partial charge in [0.05, 0.1) is 13.1 Å². The van der Waals surface area contributed by atoms with Crippen molar-refractivity contribution in [2.24, 2.45) is 22.9 Å². The van der Waals surface area contributed by atoms with Gasteiger partial charge in [0.15, 0.2) is 0 Å². The van der Waals surface area contributed by atoms with Gasteiger partial charge in [-0.15, -0.1) is 0 Å². The lowest BCUT2D eigenvalue weighted by molar-refractivity contribution is -0.121. The normalized spacial score (nSPS) is 12.3. The van der Waals surface area contributed by atoms with Crippen molar-refractivity contribution < 1.29 is 19.2 Å². The second-order valence-electron chi connectivity index (χ2n) is 13.4. The van der Waals surface area contributed by atoms with Crippen molar-refractivity contribution in [2.45, 2.75) is 122 Å². The average Bonchev–Trinajstić information content (AvgIpc) is 3.09. The first-order valence-corrected chi connectivity index (χ1v) is 19.3. The van der Waals surface area contributed by atoms with Crippen LogP contribution in [0.3, 0.4) is 0 Å². The molecule has 0 radical (unpaired) electrons. The molecule has 0 aliphatic heterocycles. The molecule has 1 aromatic carbocycles. The van der Waals surface area contributed by atoms with E-state index in [4.69, 9.17) is 22.9 Å². The molecule has 292 valence electrons. The van der Waals surface area contributed by atoms with Crippen LogP contribution < -0.4 is 54.8 Å². The molecule has 0 aliphatic rings. The van der Waals surface area contributed by atoms with Gasteiger partial charge in [0, 0.05) is 61.6 Å². The Balaban J connectivity index is 2.65. The van der Waals surface area contributed by atoms with E-state index in [1.807, 2.05) is 0 Å². The van der Waals surface area contributed by atoms with Crippen LogP contribution >= 0.6 is 0 Å². The summed E-state index contributed by atoms with van der Waals surface area (Å²) in [4.78, 5) is 50.8. The van der Waals surface area contributed by atoms with Crippen LogP contribution in [0.1, 0.15) is 120 Å². The number of hydrogen-bond acceptors (Lipinski definition) is 10. The zero-order valence-corrected chi connectivity index (χ0v) is 31.3. The predicted molar refractivity (Wildman–Crippen MR) is 208 cm³/mol. The van der Waals surface area contributed by atoms with Crippen molar-refractivity contribution >= 4 is 35.0 Å². The fourth-order valence-electron chi connectivity index (χ4n) is 5.53. The van der Waals surface area contributed by atoms with Crippen LogP contribution in [0.25, 0.3) is 0 Å². The highest BCUT2D eigenvalue weighted by Gasteiger charge is 2.14. The van der Waals surface area contributed by atoms with E-state index in [0.717, 1.165) is 57.8 Å². The Morgan fingerprint density at radius 3 is 1.55 bits per heavy atom. The first kappa shape index (κ1) is 45.9. The van der Waals surface area contributed by atoms with Gasteiger partial charge in [-0.2, -0.15) is 0 Å². The van der Waals surface area contributed by atoms with Gasteiger partial charge in [-0.1, -0.05) is 71.1 Å². The molecule has 0 bridgehead atoms. The molecule has 0 unspecified atom stereocenters. The predicted octanol–water partition coefficient (Wildman–Crippen LogP) is 2.42. The first-order chi connectivity index (χ1) is 24.7. The smallest absolute Gasteiger partial charge is 0.251 e. The van der Waals surface area contributed by atoms with E-state index in [0.29, 0.717) is 50.5 Å². The van der Waals surface area contributed by atoms with Gasteiger partial charge < -0.3 is 54.8 Å². The van der Waals surface area contributed by atoms with Gasteiger partial charge >= 0.3 is 0 Å². The number of unbranched alkanes of at least 4 members (excludes halogenated alkanes) is 10. The van der Waals surface area contributed by atoms with Crippen molar-refractivity contribution in [1.82, 2.24) is 21.3 Å². The average molecular weight is 719 g/mol. The summed E-state index contributed by atoms with van der Waals surface area (Å²) in [6.45, 7) is 4.98. The van der Waals surface area contributed by atoms with Gasteiger partial charge in [-0.3, -0.25) is 19.2 Å². The number of hydrogen-bond donors (Lipinski definition) is 10. The number of carbonyl (C=O) groups excluding carboxylic acids is 4. The largest absolute Gasteiger partial charge is 0.354 e. The quantitative estimate of drug-likeness (QED) is 0.0488. The third kappa shape index (κ3) is 25.5. The number of anilines is 2. The molecule has 51 heavy (non-hydrogen) atoms. The van der Waals surface area contributed by atoms with Gasteiger partial charge in [-0.05, 0) is 63.4 Å². The summed E-state index contributed by atoms with van der Waals surface area (Å²) in [6.07, 6.45) is 16.5. The van der Waals surface area contributed by atoms with Gasteiger partial charge in [0.25, 0.3) is 5.91 Å². The molecule has 1 rings (SSSR count). The summed E-state index contributed by atoms with van der Waals surface area (Å²) in [7, 11) is 0.